The Kier molecular flexibility index (Phi) is 6.35. The molecule has 0 unspecified atom stereocenters. The number of rotatable bonds is 5. The lowest BCUT2D eigenvalue weighted by Crippen LogP contribution is -2.36. The van der Waals surface area contributed by atoms with Crippen molar-refractivity contribution in [3.05, 3.63) is 75.8 Å². The highest BCUT2D eigenvalue weighted by molar-refractivity contribution is 8.26. The zero-order valence-electron chi connectivity index (χ0n) is 19.0. The van der Waals surface area contributed by atoms with Crippen LogP contribution in [0.4, 0.5) is 0 Å². The van der Waals surface area contributed by atoms with Crippen LogP contribution in [0, 0.1) is 20.8 Å². The standard InChI is InChI=1S/C26H27N3OS2/c1-6-19(5)29-25(30)22(32-26(29)31)14-20-15-28(21-10-8-7-9-11-21)27-24(20)23-17(3)12-16(2)13-18(23)4/h7-15,19H,6H2,1-5H3/b22-14-/t19-/m0/s1. The molecule has 0 bridgehead atoms. The molecular weight excluding hydrogens is 434 g/mol. The monoisotopic (exact) mass is 461 g/mol. The van der Waals surface area contributed by atoms with Gasteiger partial charge in [0.1, 0.15) is 10.0 Å². The summed E-state index contributed by atoms with van der Waals surface area (Å²) >= 11 is 6.90. The second-order valence-corrected chi connectivity index (χ2v) is 9.97. The van der Waals surface area contributed by atoms with Gasteiger partial charge >= 0.3 is 0 Å². The van der Waals surface area contributed by atoms with E-state index < -0.39 is 0 Å². The van der Waals surface area contributed by atoms with Crippen molar-refractivity contribution in [3.63, 3.8) is 0 Å². The van der Waals surface area contributed by atoms with Crippen molar-refractivity contribution in [1.82, 2.24) is 14.7 Å². The Labute approximate surface area is 199 Å². The number of hydrogen-bond acceptors (Lipinski definition) is 4. The number of carbonyl (C=O) groups excluding carboxylic acids is 1. The number of thiocarbonyl (C=S) groups is 1. The smallest absolute Gasteiger partial charge is 0.266 e. The Balaban J connectivity index is 1.87. The van der Waals surface area contributed by atoms with E-state index in [1.807, 2.05) is 54.2 Å². The number of aromatic nitrogens is 2. The van der Waals surface area contributed by atoms with Crippen molar-refractivity contribution in [1.29, 1.82) is 0 Å². The number of carbonyl (C=O) groups is 1. The van der Waals surface area contributed by atoms with Gasteiger partial charge in [0.2, 0.25) is 0 Å². The lowest BCUT2D eigenvalue weighted by Gasteiger charge is -2.21. The van der Waals surface area contributed by atoms with Gasteiger partial charge in [0.05, 0.1) is 10.6 Å². The van der Waals surface area contributed by atoms with Crippen molar-refractivity contribution in [3.8, 4) is 16.9 Å². The summed E-state index contributed by atoms with van der Waals surface area (Å²) in [6.45, 7) is 10.4. The summed E-state index contributed by atoms with van der Waals surface area (Å²) in [6, 6.07) is 14.5. The van der Waals surface area contributed by atoms with E-state index in [2.05, 4.69) is 39.8 Å². The average molecular weight is 462 g/mol. The van der Waals surface area contributed by atoms with Crippen molar-refractivity contribution in [2.24, 2.45) is 0 Å². The molecule has 2 aromatic carbocycles. The van der Waals surface area contributed by atoms with E-state index in [1.54, 1.807) is 4.90 Å². The highest BCUT2D eigenvalue weighted by Gasteiger charge is 2.35. The van der Waals surface area contributed by atoms with E-state index in [4.69, 9.17) is 17.3 Å². The molecule has 4 rings (SSSR count). The predicted octanol–water partition coefficient (Wildman–Crippen LogP) is 6.46. The number of hydrogen-bond donors (Lipinski definition) is 0. The molecule has 164 valence electrons. The van der Waals surface area contributed by atoms with E-state index in [-0.39, 0.29) is 11.9 Å². The quantitative estimate of drug-likeness (QED) is 0.323. The van der Waals surface area contributed by atoms with E-state index in [1.165, 1.54) is 28.5 Å². The normalized spacial score (nSPS) is 16.3. The van der Waals surface area contributed by atoms with Gasteiger partial charge in [0, 0.05) is 23.4 Å². The van der Waals surface area contributed by atoms with Crippen LogP contribution >= 0.6 is 24.0 Å². The second kappa shape index (κ2) is 9.04. The number of thioether (sulfide) groups is 1. The van der Waals surface area contributed by atoms with E-state index >= 15 is 0 Å². The summed E-state index contributed by atoms with van der Waals surface area (Å²) in [7, 11) is 0. The first-order valence-electron chi connectivity index (χ1n) is 10.8. The first-order valence-corrected chi connectivity index (χ1v) is 12.0. The zero-order valence-corrected chi connectivity index (χ0v) is 20.7. The molecule has 0 saturated carbocycles. The third kappa shape index (κ3) is 4.17. The fourth-order valence-electron chi connectivity index (χ4n) is 4.14. The van der Waals surface area contributed by atoms with E-state index in [9.17, 15) is 4.79 Å². The van der Waals surface area contributed by atoms with Gasteiger partial charge in [-0.05, 0) is 63.5 Å². The molecular formula is C26H27N3OS2. The average Bonchev–Trinajstić information content (AvgIpc) is 3.28. The molecule has 1 fully saturated rings. The summed E-state index contributed by atoms with van der Waals surface area (Å²) in [5, 5.41) is 4.96. The SMILES string of the molecule is CC[C@H](C)N1C(=O)/C(=C/c2cn(-c3ccccc3)nc2-c2c(C)cc(C)cc2C)SC1=S. The van der Waals surface area contributed by atoms with Crippen LogP contribution in [0.2, 0.25) is 0 Å². The van der Waals surface area contributed by atoms with Crippen LogP contribution in [0.1, 0.15) is 42.5 Å². The number of amides is 1. The topological polar surface area (TPSA) is 38.1 Å². The van der Waals surface area contributed by atoms with E-state index in [0.717, 1.165) is 28.9 Å². The molecule has 1 amide bonds. The molecule has 0 spiro atoms. The van der Waals surface area contributed by atoms with Crippen LogP contribution in [-0.2, 0) is 4.79 Å². The van der Waals surface area contributed by atoms with Crippen LogP contribution in [0.3, 0.4) is 0 Å². The fraction of sp³-hybridized carbons (Fsp3) is 0.269. The summed E-state index contributed by atoms with van der Waals surface area (Å²) in [5.41, 5.74) is 7.43. The van der Waals surface area contributed by atoms with Crippen LogP contribution in [0.15, 0.2) is 53.6 Å². The maximum atomic E-state index is 13.1. The Bertz CT molecular complexity index is 1200. The number of aryl methyl sites for hydroxylation is 3. The second-order valence-electron chi connectivity index (χ2n) is 8.30. The molecule has 3 aromatic rings. The lowest BCUT2D eigenvalue weighted by molar-refractivity contribution is -0.123. The molecule has 6 heteroatoms. The van der Waals surface area contributed by atoms with Gasteiger partial charge < -0.3 is 0 Å². The molecule has 32 heavy (non-hydrogen) atoms. The van der Waals surface area contributed by atoms with Gasteiger partial charge in [0.25, 0.3) is 5.91 Å². The summed E-state index contributed by atoms with van der Waals surface area (Å²) in [5.74, 6) is -0.0230. The third-order valence-corrected chi connectivity index (χ3v) is 7.15. The highest BCUT2D eigenvalue weighted by Crippen LogP contribution is 2.37. The van der Waals surface area contributed by atoms with Crippen molar-refractivity contribution in [2.75, 3.05) is 0 Å². The summed E-state index contributed by atoms with van der Waals surface area (Å²) < 4.78 is 2.50. The number of benzene rings is 2. The molecule has 1 aliphatic heterocycles. The minimum Gasteiger partial charge on any atom is -0.290 e. The molecule has 1 atom stereocenters. The van der Waals surface area contributed by atoms with Gasteiger partial charge in [-0.25, -0.2) is 4.68 Å². The van der Waals surface area contributed by atoms with Crippen LogP contribution in [0.25, 0.3) is 23.0 Å². The number of nitrogens with zero attached hydrogens (tertiary/aromatic N) is 3. The van der Waals surface area contributed by atoms with Gasteiger partial charge in [-0.2, -0.15) is 5.10 Å². The maximum Gasteiger partial charge on any atom is 0.266 e. The third-order valence-electron chi connectivity index (χ3n) is 5.82. The summed E-state index contributed by atoms with van der Waals surface area (Å²) in [6.07, 6.45) is 4.81. The Morgan fingerprint density at radius 1 is 1.12 bits per heavy atom. The van der Waals surface area contributed by atoms with Gasteiger partial charge in [0.15, 0.2) is 0 Å². The zero-order chi connectivity index (χ0) is 23.0. The molecule has 1 saturated heterocycles. The van der Waals surface area contributed by atoms with Crippen molar-refractivity contribution < 1.29 is 4.79 Å². The first kappa shape index (κ1) is 22.5. The van der Waals surface area contributed by atoms with E-state index in [0.29, 0.717) is 9.23 Å². The maximum absolute atomic E-state index is 13.1. The molecule has 2 heterocycles. The lowest BCUT2D eigenvalue weighted by atomic mass is 9.95. The van der Waals surface area contributed by atoms with Gasteiger partial charge in [-0.3, -0.25) is 9.69 Å². The van der Waals surface area contributed by atoms with Gasteiger partial charge in [-0.15, -0.1) is 0 Å². The Morgan fingerprint density at radius 2 is 1.78 bits per heavy atom. The van der Waals surface area contributed by atoms with Crippen LogP contribution in [-0.4, -0.2) is 30.9 Å². The fourth-order valence-corrected chi connectivity index (χ4v) is 5.59. The minimum absolute atomic E-state index is 0.0230. The largest absolute Gasteiger partial charge is 0.290 e. The highest BCUT2D eigenvalue weighted by atomic mass is 32.2. The Morgan fingerprint density at radius 3 is 2.41 bits per heavy atom. The summed E-state index contributed by atoms with van der Waals surface area (Å²) in [4.78, 5) is 15.5. The predicted molar refractivity (Wildman–Crippen MR) is 138 cm³/mol. The molecule has 4 nitrogen and oxygen atoms in total. The molecule has 1 aromatic heterocycles. The Hall–Kier alpha value is -2.70. The van der Waals surface area contributed by atoms with Crippen molar-refractivity contribution in [2.45, 2.75) is 47.1 Å². The van der Waals surface area contributed by atoms with Gasteiger partial charge in [-0.1, -0.05) is 66.8 Å². The van der Waals surface area contributed by atoms with Crippen LogP contribution < -0.4 is 0 Å². The number of para-hydroxylation sites is 1. The molecule has 0 aliphatic carbocycles. The molecule has 0 radical (unpaired) electrons. The first-order chi connectivity index (χ1) is 15.3. The molecule has 0 N–H and O–H groups in total. The van der Waals surface area contributed by atoms with Crippen molar-refractivity contribution >= 4 is 40.3 Å². The molecule has 1 aliphatic rings. The van der Waals surface area contributed by atoms with Crippen LogP contribution in [0.5, 0.6) is 0 Å². The minimum atomic E-state index is -0.0230.